The number of carboxylic acids is 1. The molecule has 4 heteroatoms. The van der Waals surface area contributed by atoms with Crippen molar-refractivity contribution in [2.75, 3.05) is 0 Å². The lowest BCUT2D eigenvalue weighted by Gasteiger charge is -2.12. The third kappa shape index (κ3) is 4.01. The number of halogens is 1. The van der Waals surface area contributed by atoms with Gasteiger partial charge in [0.15, 0.2) is 0 Å². The van der Waals surface area contributed by atoms with Crippen LogP contribution in [0.5, 0.6) is 5.75 Å². The highest BCUT2D eigenvalue weighted by Gasteiger charge is 2.14. The van der Waals surface area contributed by atoms with Crippen LogP contribution in [0.3, 0.4) is 0 Å². The second-order valence-electron chi connectivity index (χ2n) is 5.77. The number of hydrogen-bond acceptors (Lipinski definition) is 2. The van der Waals surface area contributed by atoms with Gasteiger partial charge in [0.1, 0.15) is 17.9 Å². The fourth-order valence-electron chi connectivity index (χ4n) is 2.58. The summed E-state index contributed by atoms with van der Waals surface area (Å²) >= 11 is 6.30. The third-order valence-corrected chi connectivity index (χ3v) is 4.20. The summed E-state index contributed by atoms with van der Waals surface area (Å²) in [5.41, 5.74) is 3.68. The van der Waals surface area contributed by atoms with Gasteiger partial charge in [-0.05, 0) is 41.8 Å². The SMILES string of the molecule is Cc1ccc(-c2ccc(OCc3ccccc3)c(C(=O)O)c2)c(Cl)c1. The molecule has 0 fully saturated rings. The molecule has 0 aliphatic heterocycles. The molecule has 25 heavy (non-hydrogen) atoms. The van der Waals surface area contributed by atoms with E-state index in [1.807, 2.05) is 61.5 Å². The van der Waals surface area contributed by atoms with E-state index in [0.29, 0.717) is 17.4 Å². The largest absolute Gasteiger partial charge is 0.488 e. The molecule has 126 valence electrons. The Hall–Kier alpha value is -2.78. The number of ether oxygens (including phenoxy) is 1. The first-order chi connectivity index (χ1) is 12.0. The van der Waals surface area contributed by atoms with Gasteiger partial charge in [0.2, 0.25) is 0 Å². The van der Waals surface area contributed by atoms with Gasteiger partial charge in [0.25, 0.3) is 0 Å². The maximum Gasteiger partial charge on any atom is 0.339 e. The number of carboxylic acid groups (broad SMARTS) is 1. The van der Waals surface area contributed by atoms with Crippen LogP contribution in [-0.4, -0.2) is 11.1 Å². The molecule has 0 aromatic heterocycles. The summed E-state index contributed by atoms with van der Waals surface area (Å²) in [6.45, 7) is 2.27. The standard InChI is InChI=1S/C21H17ClO3/c1-14-7-9-17(19(22)11-14)16-8-10-20(18(12-16)21(23)24)25-13-15-5-3-2-4-6-15/h2-12H,13H2,1H3,(H,23,24). The van der Waals surface area contributed by atoms with Crippen LogP contribution < -0.4 is 4.74 Å². The zero-order chi connectivity index (χ0) is 17.8. The van der Waals surface area contributed by atoms with Crippen molar-refractivity contribution < 1.29 is 14.6 Å². The zero-order valence-electron chi connectivity index (χ0n) is 13.7. The average molecular weight is 353 g/mol. The Morgan fingerprint density at radius 3 is 2.48 bits per heavy atom. The van der Waals surface area contributed by atoms with Crippen LogP contribution in [0, 0.1) is 6.92 Å². The molecule has 0 bridgehead atoms. The summed E-state index contributed by atoms with van der Waals surface area (Å²) in [5.74, 6) is -0.698. The van der Waals surface area contributed by atoms with Gasteiger partial charge in [-0.2, -0.15) is 0 Å². The van der Waals surface area contributed by atoms with Crippen molar-refractivity contribution in [1.29, 1.82) is 0 Å². The molecule has 0 radical (unpaired) electrons. The highest BCUT2D eigenvalue weighted by atomic mass is 35.5. The van der Waals surface area contributed by atoms with E-state index in [0.717, 1.165) is 22.3 Å². The quantitative estimate of drug-likeness (QED) is 0.650. The number of aromatic carboxylic acids is 1. The van der Waals surface area contributed by atoms with Gasteiger partial charge in [-0.25, -0.2) is 4.79 Å². The lowest BCUT2D eigenvalue weighted by molar-refractivity contribution is 0.0692. The summed E-state index contributed by atoms with van der Waals surface area (Å²) in [6.07, 6.45) is 0. The monoisotopic (exact) mass is 352 g/mol. The molecule has 0 aliphatic rings. The normalized spacial score (nSPS) is 10.5. The third-order valence-electron chi connectivity index (χ3n) is 3.88. The predicted octanol–water partition coefficient (Wildman–Crippen LogP) is 5.59. The Balaban J connectivity index is 1.91. The molecule has 1 N–H and O–H groups in total. The van der Waals surface area contributed by atoms with Crippen LogP contribution in [0.25, 0.3) is 11.1 Å². The minimum absolute atomic E-state index is 0.116. The van der Waals surface area contributed by atoms with Gasteiger partial charge in [0, 0.05) is 10.6 Å². The van der Waals surface area contributed by atoms with E-state index >= 15 is 0 Å². The minimum Gasteiger partial charge on any atom is -0.488 e. The number of carbonyl (C=O) groups is 1. The minimum atomic E-state index is -1.03. The van der Waals surface area contributed by atoms with E-state index in [2.05, 4.69) is 0 Å². The average Bonchev–Trinajstić information content (AvgIpc) is 2.61. The molecule has 3 rings (SSSR count). The topological polar surface area (TPSA) is 46.5 Å². The summed E-state index contributed by atoms with van der Waals surface area (Å²) < 4.78 is 5.71. The van der Waals surface area contributed by atoms with Crippen LogP contribution in [-0.2, 0) is 6.61 Å². The summed E-state index contributed by atoms with van der Waals surface area (Å²) in [6, 6.07) is 20.4. The van der Waals surface area contributed by atoms with Crippen molar-refractivity contribution in [3.8, 4) is 16.9 Å². The van der Waals surface area contributed by atoms with E-state index in [1.165, 1.54) is 0 Å². The molecular formula is C21H17ClO3. The van der Waals surface area contributed by atoms with Crippen LogP contribution in [0.1, 0.15) is 21.5 Å². The number of benzene rings is 3. The van der Waals surface area contributed by atoms with Gasteiger partial charge in [-0.15, -0.1) is 0 Å². The fraction of sp³-hybridized carbons (Fsp3) is 0.0952. The van der Waals surface area contributed by atoms with Crippen molar-refractivity contribution in [1.82, 2.24) is 0 Å². The van der Waals surface area contributed by atoms with E-state index in [-0.39, 0.29) is 5.56 Å². The van der Waals surface area contributed by atoms with Gasteiger partial charge >= 0.3 is 5.97 Å². The first-order valence-electron chi connectivity index (χ1n) is 7.85. The van der Waals surface area contributed by atoms with Crippen molar-refractivity contribution >= 4 is 17.6 Å². The summed E-state index contributed by atoms with van der Waals surface area (Å²) in [4.78, 5) is 11.6. The van der Waals surface area contributed by atoms with Crippen LogP contribution >= 0.6 is 11.6 Å². The van der Waals surface area contributed by atoms with Gasteiger partial charge < -0.3 is 9.84 Å². The Kier molecular flexibility index (Phi) is 5.05. The summed E-state index contributed by atoms with van der Waals surface area (Å²) in [5, 5.41) is 10.1. The molecule has 0 unspecified atom stereocenters. The fourth-order valence-corrected chi connectivity index (χ4v) is 2.92. The first kappa shape index (κ1) is 17.1. The molecule has 3 aromatic carbocycles. The van der Waals surface area contributed by atoms with E-state index < -0.39 is 5.97 Å². The van der Waals surface area contributed by atoms with E-state index in [1.54, 1.807) is 12.1 Å². The molecule has 3 aromatic rings. The maximum atomic E-state index is 11.6. The van der Waals surface area contributed by atoms with Crippen LogP contribution in [0.4, 0.5) is 0 Å². The van der Waals surface area contributed by atoms with E-state index in [4.69, 9.17) is 16.3 Å². The molecule has 0 saturated carbocycles. The van der Waals surface area contributed by atoms with Crippen molar-refractivity contribution in [2.24, 2.45) is 0 Å². The smallest absolute Gasteiger partial charge is 0.339 e. The van der Waals surface area contributed by atoms with Gasteiger partial charge in [-0.1, -0.05) is 60.1 Å². The molecule has 0 atom stereocenters. The zero-order valence-corrected chi connectivity index (χ0v) is 14.5. The van der Waals surface area contributed by atoms with Gasteiger partial charge in [0.05, 0.1) is 0 Å². The molecule has 0 aliphatic carbocycles. The highest BCUT2D eigenvalue weighted by Crippen LogP contribution is 2.32. The van der Waals surface area contributed by atoms with Gasteiger partial charge in [-0.3, -0.25) is 0 Å². The lowest BCUT2D eigenvalue weighted by atomic mass is 10.0. The number of rotatable bonds is 5. The Labute approximate surface area is 151 Å². The van der Waals surface area contributed by atoms with E-state index in [9.17, 15) is 9.90 Å². The second-order valence-corrected chi connectivity index (χ2v) is 6.18. The molecule has 0 saturated heterocycles. The molecule has 0 heterocycles. The summed E-state index contributed by atoms with van der Waals surface area (Å²) in [7, 11) is 0. The Morgan fingerprint density at radius 1 is 1.04 bits per heavy atom. The first-order valence-corrected chi connectivity index (χ1v) is 8.23. The predicted molar refractivity (Wildman–Crippen MR) is 99.4 cm³/mol. The van der Waals surface area contributed by atoms with Crippen molar-refractivity contribution in [3.63, 3.8) is 0 Å². The van der Waals surface area contributed by atoms with Crippen LogP contribution in [0.2, 0.25) is 5.02 Å². The van der Waals surface area contributed by atoms with Crippen LogP contribution in [0.15, 0.2) is 66.7 Å². The Bertz CT molecular complexity index is 904. The Morgan fingerprint density at radius 2 is 1.80 bits per heavy atom. The molecular weight excluding hydrogens is 336 g/mol. The molecule has 0 spiro atoms. The number of aryl methyl sites for hydroxylation is 1. The maximum absolute atomic E-state index is 11.6. The second kappa shape index (κ2) is 7.41. The number of hydrogen-bond donors (Lipinski definition) is 1. The molecule has 3 nitrogen and oxygen atoms in total. The van der Waals surface area contributed by atoms with Crippen molar-refractivity contribution in [3.05, 3.63) is 88.4 Å². The lowest BCUT2D eigenvalue weighted by Crippen LogP contribution is -2.04. The highest BCUT2D eigenvalue weighted by molar-refractivity contribution is 6.33. The molecule has 0 amide bonds. The van der Waals surface area contributed by atoms with Crippen molar-refractivity contribution in [2.45, 2.75) is 13.5 Å².